The average molecular weight is 374 g/mol. The second kappa shape index (κ2) is 9.51. The first-order valence-electron chi connectivity index (χ1n) is 9.00. The van der Waals surface area contributed by atoms with Crippen molar-refractivity contribution < 1.29 is 33.4 Å². The van der Waals surface area contributed by atoms with Crippen molar-refractivity contribution in [1.82, 2.24) is 0 Å². The van der Waals surface area contributed by atoms with Crippen LogP contribution >= 0.6 is 7.60 Å². The second-order valence-electron chi connectivity index (χ2n) is 6.85. The number of ether oxygens (including phenoxy) is 2. The normalized spacial score (nSPS) is 21.0. The van der Waals surface area contributed by atoms with Gasteiger partial charge in [-0.05, 0) is 51.4 Å². The van der Waals surface area contributed by atoms with Gasteiger partial charge in [-0.3, -0.25) is 4.57 Å². The monoisotopic (exact) mass is 374 g/mol. The Morgan fingerprint density at radius 1 is 0.880 bits per heavy atom. The van der Waals surface area contributed by atoms with E-state index in [2.05, 4.69) is 0 Å². The SMILES string of the molecule is O=C(/C=C(/CP(=O)(O)O)C(=O)OC1CCCCC1)OC1CCCCC1. The Kier molecular flexibility index (Phi) is 7.66. The van der Waals surface area contributed by atoms with Gasteiger partial charge in [-0.15, -0.1) is 0 Å². The van der Waals surface area contributed by atoms with Gasteiger partial charge in [0, 0.05) is 6.08 Å². The lowest BCUT2D eigenvalue weighted by molar-refractivity contribution is -0.148. The Morgan fingerprint density at radius 3 is 1.84 bits per heavy atom. The van der Waals surface area contributed by atoms with Crippen molar-refractivity contribution in [1.29, 1.82) is 0 Å². The first kappa shape index (κ1) is 20.1. The van der Waals surface area contributed by atoms with Crippen LogP contribution in [-0.4, -0.2) is 40.1 Å². The van der Waals surface area contributed by atoms with Crippen LogP contribution in [0.5, 0.6) is 0 Å². The van der Waals surface area contributed by atoms with Gasteiger partial charge in [-0.1, -0.05) is 12.8 Å². The quantitative estimate of drug-likeness (QED) is 0.418. The van der Waals surface area contributed by atoms with Gasteiger partial charge in [-0.25, -0.2) is 9.59 Å². The summed E-state index contributed by atoms with van der Waals surface area (Å²) in [6.45, 7) is 0. The molecular formula is C17H27O7P. The number of rotatable bonds is 6. The summed E-state index contributed by atoms with van der Waals surface area (Å²) in [7, 11) is -4.50. The van der Waals surface area contributed by atoms with Crippen LogP contribution in [0.4, 0.5) is 0 Å². The van der Waals surface area contributed by atoms with E-state index in [1.165, 1.54) is 0 Å². The summed E-state index contributed by atoms with van der Waals surface area (Å²) in [6.07, 6.45) is 8.74. The molecule has 8 heteroatoms. The maximum atomic E-state index is 12.3. The highest BCUT2D eigenvalue weighted by Gasteiger charge is 2.27. The van der Waals surface area contributed by atoms with Gasteiger partial charge in [0.05, 0.1) is 11.7 Å². The summed E-state index contributed by atoms with van der Waals surface area (Å²) in [5.41, 5.74) is -0.320. The molecule has 0 aromatic heterocycles. The third-order valence-electron chi connectivity index (χ3n) is 4.59. The largest absolute Gasteiger partial charge is 0.459 e. The van der Waals surface area contributed by atoms with Gasteiger partial charge in [0.15, 0.2) is 0 Å². The van der Waals surface area contributed by atoms with Gasteiger partial charge in [-0.2, -0.15) is 0 Å². The molecule has 2 N–H and O–H groups in total. The molecule has 0 radical (unpaired) electrons. The molecule has 2 aliphatic carbocycles. The molecule has 0 unspecified atom stereocenters. The van der Waals surface area contributed by atoms with Crippen molar-refractivity contribution in [2.45, 2.75) is 76.4 Å². The predicted molar refractivity (Wildman–Crippen MR) is 90.9 cm³/mol. The molecule has 25 heavy (non-hydrogen) atoms. The smallest absolute Gasteiger partial charge is 0.335 e. The Bertz CT molecular complexity index is 539. The van der Waals surface area contributed by atoms with Crippen molar-refractivity contribution in [2.24, 2.45) is 0 Å². The molecular weight excluding hydrogens is 347 g/mol. The molecule has 0 atom stereocenters. The topological polar surface area (TPSA) is 110 Å². The molecule has 7 nitrogen and oxygen atoms in total. The Hall–Kier alpha value is -1.17. The van der Waals surface area contributed by atoms with Crippen molar-refractivity contribution in [3.63, 3.8) is 0 Å². The lowest BCUT2D eigenvalue weighted by Gasteiger charge is -2.23. The number of carbonyl (C=O) groups excluding carboxylic acids is 2. The highest BCUT2D eigenvalue weighted by molar-refractivity contribution is 7.52. The molecule has 0 saturated heterocycles. The minimum absolute atomic E-state index is 0.192. The molecule has 2 saturated carbocycles. The molecule has 0 aliphatic heterocycles. The van der Waals surface area contributed by atoms with Gasteiger partial charge < -0.3 is 19.3 Å². The van der Waals surface area contributed by atoms with Crippen molar-refractivity contribution in [3.05, 3.63) is 11.6 Å². The summed E-state index contributed by atoms with van der Waals surface area (Å²) in [4.78, 5) is 42.7. The number of hydrogen-bond donors (Lipinski definition) is 2. The Balaban J connectivity index is 2.00. The van der Waals surface area contributed by atoms with Crippen LogP contribution in [0.3, 0.4) is 0 Å². The van der Waals surface area contributed by atoms with E-state index in [1.807, 2.05) is 0 Å². The van der Waals surface area contributed by atoms with Crippen LogP contribution in [0.1, 0.15) is 64.2 Å². The van der Waals surface area contributed by atoms with E-state index in [1.54, 1.807) is 0 Å². The fourth-order valence-corrected chi connectivity index (χ4v) is 3.99. The fourth-order valence-electron chi connectivity index (χ4n) is 3.32. The summed E-state index contributed by atoms with van der Waals surface area (Å²) in [5, 5.41) is 0. The van der Waals surface area contributed by atoms with Crippen LogP contribution in [-0.2, 0) is 23.6 Å². The highest BCUT2D eigenvalue weighted by Crippen LogP contribution is 2.37. The third kappa shape index (κ3) is 7.72. The zero-order valence-corrected chi connectivity index (χ0v) is 15.3. The van der Waals surface area contributed by atoms with Crippen LogP contribution in [0.2, 0.25) is 0 Å². The fraction of sp³-hybridized carbons (Fsp3) is 0.765. The first-order valence-corrected chi connectivity index (χ1v) is 10.8. The van der Waals surface area contributed by atoms with Crippen molar-refractivity contribution >= 4 is 19.5 Å². The molecule has 0 heterocycles. The third-order valence-corrected chi connectivity index (χ3v) is 5.34. The lowest BCUT2D eigenvalue weighted by atomic mass is 9.98. The van der Waals surface area contributed by atoms with E-state index in [-0.39, 0.29) is 17.8 Å². The van der Waals surface area contributed by atoms with Gasteiger partial charge in [0.1, 0.15) is 12.2 Å². The average Bonchev–Trinajstić information content (AvgIpc) is 2.55. The van der Waals surface area contributed by atoms with Crippen LogP contribution in [0.15, 0.2) is 11.6 Å². The van der Waals surface area contributed by atoms with Crippen LogP contribution in [0.25, 0.3) is 0 Å². The Labute approximate surface area is 147 Å². The van der Waals surface area contributed by atoms with E-state index in [9.17, 15) is 23.9 Å². The maximum Gasteiger partial charge on any atom is 0.335 e. The lowest BCUT2D eigenvalue weighted by Crippen LogP contribution is -2.24. The second-order valence-corrected chi connectivity index (χ2v) is 8.50. The zero-order valence-electron chi connectivity index (χ0n) is 14.4. The maximum absolute atomic E-state index is 12.3. The van der Waals surface area contributed by atoms with E-state index in [4.69, 9.17) is 9.47 Å². The van der Waals surface area contributed by atoms with Gasteiger partial charge in [0.25, 0.3) is 0 Å². The van der Waals surface area contributed by atoms with Crippen molar-refractivity contribution in [3.8, 4) is 0 Å². The zero-order chi connectivity index (χ0) is 18.3. The first-order chi connectivity index (χ1) is 11.8. The summed E-state index contributed by atoms with van der Waals surface area (Å²) in [6, 6.07) is 0. The van der Waals surface area contributed by atoms with E-state index in [0.717, 1.165) is 70.3 Å². The van der Waals surface area contributed by atoms with E-state index >= 15 is 0 Å². The minimum atomic E-state index is -4.50. The predicted octanol–water partition coefficient (Wildman–Crippen LogP) is 2.84. The van der Waals surface area contributed by atoms with E-state index < -0.39 is 25.7 Å². The van der Waals surface area contributed by atoms with Crippen LogP contribution < -0.4 is 0 Å². The molecule has 0 aromatic rings. The minimum Gasteiger partial charge on any atom is -0.459 e. The molecule has 142 valence electrons. The molecule has 0 bridgehead atoms. The standard InChI is InChI=1S/C17H27O7P/c18-16(23-14-7-3-1-4-8-14)11-13(12-25(20,21)22)17(19)24-15-9-5-2-6-10-15/h11,14-15H,1-10,12H2,(H2,20,21,22)/b13-11-. The molecule has 0 amide bonds. The van der Waals surface area contributed by atoms with Crippen LogP contribution in [0, 0.1) is 0 Å². The summed E-state index contributed by atoms with van der Waals surface area (Å²) >= 11 is 0. The molecule has 2 fully saturated rings. The molecule has 2 rings (SSSR count). The summed E-state index contributed by atoms with van der Waals surface area (Å²) < 4.78 is 21.9. The molecule has 0 aromatic carbocycles. The molecule has 2 aliphatic rings. The number of carbonyl (C=O) groups is 2. The highest BCUT2D eigenvalue weighted by atomic mass is 31.2. The van der Waals surface area contributed by atoms with Gasteiger partial charge in [0.2, 0.25) is 0 Å². The number of esters is 2. The Morgan fingerprint density at radius 2 is 1.36 bits per heavy atom. The number of hydrogen-bond acceptors (Lipinski definition) is 5. The van der Waals surface area contributed by atoms with Gasteiger partial charge >= 0.3 is 19.5 Å². The van der Waals surface area contributed by atoms with Crippen molar-refractivity contribution in [2.75, 3.05) is 6.16 Å². The summed E-state index contributed by atoms with van der Waals surface area (Å²) in [5.74, 6) is -1.58. The van der Waals surface area contributed by atoms with E-state index in [0.29, 0.717) is 0 Å². The molecule has 0 spiro atoms.